The summed E-state index contributed by atoms with van der Waals surface area (Å²) in [6.45, 7) is 4.07. The summed E-state index contributed by atoms with van der Waals surface area (Å²) >= 11 is 1.54. The molecule has 11 heteroatoms. The summed E-state index contributed by atoms with van der Waals surface area (Å²) in [6.07, 6.45) is 13.6. The molecule has 35 heavy (non-hydrogen) atoms. The van der Waals surface area contributed by atoms with Crippen molar-refractivity contribution >= 4 is 28.0 Å². The predicted molar refractivity (Wildman–Crippen MR) is 133 cm³/mol. The van der Waals surface area contributed by atoms with Gasteiger partial charge in [-0.25, -0.2) is 4.52 Å². The number of hydrogen-bond acceptors (Lipinski definition) is 7. The summed E-state index contributed by atoms with van der Waals surface area (Å²) in [5.41, 5.74) is 4.18. The Hall–Kier alpha value is -3.44. The van der Waals surface area contributed by atoms with Crippen LogP contribution in [0.25, 0.3) is 15.3 Å². The van der Waals surface area contributed by atoms with Crippen LogP contribution in [-0.4, -0.2) is 50.3 Å². The number of thiazole rings is 1. The highest BCUT2D eigenvalue weighted by molar-refractivity contribution is 7.21. The molecular formula is C24H28N8O2S. The normalized spacial score (nSPS) is 19.2. The highest BCUT2D eigenvalue weighted by atomic mass is 32.1. The lowest BCUT2D eigenvalue weighted by Gasteiger charge is -2.23. The largest absolute Gasteiger partial charge is 0.381 e. The molecule has 6 rings (SSSR count). The van der Waals surface area contributed by atoms with E-state index >= 15 is 0 Å². The number of amides is 2. The fourth-order valence-electron chi connectivity index (χ4n) is 4.51. The van der Waals surface area contributed by atoms with E-state index in [-0.39, 0.29) is 24.4 Å². The molecule has 0 radical (unpaired) electrons. The third-order valence-electron chi connectivity index (χ3n) is 6.66. The zero-order valence-corrected chi connectivity index (χ0v) is 20.3. The Morgan fingerprint density at radius 2 is 2.11 bits per heavy atom. The quantitative estimate of drug-likeness (QED) is 0.381. The Balaban J connectivity index is 1.15. The van der Waals surface area contributed by atoms with Gasteiger partial charge in [-0.05, 0) is 51.1 Å². The van der Waals surface area contributed by atoms with Crippen molar-refractivity contribution in [2.45, 2.75) is 45.2 Å². The SMILES string of the molecule is CC1NC=C(NC(=O)CNCC2CC2)C=C1NC(=O)c1cnn2cc(-c3cnn4c3CCC4)sc12. The van der Waals surface area contributed by atoms with Gasteiger partial charge < -0.3 is 21.3 Å². The van der Waals surface area contributed by atoms with Crippen molar-refractivity contribution in [2.75, 3.05) is 13.1 Å². The van der Waals surface area contributed by atoms with Gasteiger partial charge in [-0.1, -0.05) is 0 Å². The number of carbonyl (C=O) groups excluding carboxylic acids is 2. The van der Waals surface area contributed by atoms with Gasteiger partial charge in [0.1, 0.15) is 4.83 Å². The minimum Gasteiger partial charge on any atom is -0.381 e. The average Bonchev–Trinajstić information content (AvgIpc) is 3.18. The van der Waals surface area contributed by atoms with E-state index in [9.17, 15) is 9.59 Å². The number of aromatic nitrogens is 4. The van der Waals surface area contributed by atoms with Crippen molar-refractivity contribution in [3.05, 3.63) is 53.5 Å². The van der Waals surface area contributed by atoms with Crippen molar-refractivity contribution < 1.29 is 9.59 Å². The lowest BCUT2D eigenvalue weighted by molar-refractivity contribution is -0.119. The third-order valence-corrected chi connectivity index (χ3v) is 7.81. The molecule has 1 aliphatic carbocycles. The first-order valence-corrected chi connectivity index (χ1v) is 12.9. The first-order chi connectivity index (χ1) is 17.0. The maximum Gasteiger partial charge on any atom is 0.260 e. The first kappa shape index (κ1) is 22.1. The van der Waals surface area contributed by atoms with Crippen LogP contribution in [0.15, 0.2) is 42.3 Å². The van der Waals surface area contributed by atoms with Crippen LogP contribution in [0.4, 0.5) is 0 Å². The number of nitrogens with zero attached hydrogens (tertiary/aromatic N) is 4. The van der Waals surface area contributed by atoms with Gasteiger partial charge in [-0.15, -0.1) is 11.3 Å². The van der Waals surface area contributed by atoms with Crippen LogP contribution < -0.4 is 21.3 Å². The number of fused-ring (bicyclic) bond motifs is 2. The second-order valence-corrected chi connectivity index (χ2v) is 10.4. The maximum absolute atomic E-state index is 13.2. The number of allylic oxidation sites excluding steroid dienone is 1. The molecule has 1 fully saturated rings. The fraction of sp³-hybridized carbons (Fsp3) is 0.417. The zero-order valence-electron chi connectivity index (χ0n) is 19.5. The predicted octanol–water partition coefficient (Wildman–Crippen LogP) is 1.77. The van der Waals surface area contributed by atoms with Crippen LogP contribution in [0.3, 0.4) is 0 Å². The van der Waals surface area contributed by atoms with E-state index in [4.69, 9.17) is 0 Å². The molecular weight excluding hydrogens is 464 g/mol. The van der Waals surface area contributed by atoms with Gasteiger partial charge in [-0.2, -0.15) is 10.2 Å². The second-order valence-electron chi connectivity index (χ2n) is 9.40. The van der Waals surface area contributed by atoms with Gasteiger partial charge in [0.2, 0.25) is 5.91 Å². The van der Waals surface area contributed by atoms with Gasteiger partial charge in [0.15, 0.2) is 0 Å². The van der Waals surface area contributed by atoms with E-state index in [0.29, 0.717) is 17.0 Å². The van der Waals surface area contributed by atoms with E-state index in [1.54, 1.807) is 34.3 Å². The molecule has 3 aliphatic rings. The number of carbonyl (C=O) groups is 2. The topological polar surface area (TPSA) is 117 Å². The standard InChI is InChI=1S/C24H28N8O2S/c1-14-19(7-16(9-26-14)29-22(33)12-25-8-15-4-5-15)30-23(34)18-11-28-32-13-21(35-24(18)32)17-10-27-31-6-2-3-20(17)31/h7,9-11,13-15,25-26H,2-6,8,12H2,1H3,(H,29,33)(H,30,34). The number of rotatable bonds is 8. The monoisotopic (exact) mass is 492 g/mol. The molecule has 5 heterocycles. The smallest absolute Gasteiger partial charge is 0.260 e. The number of nitrogens with one attached hydrogen (secondary N) is 4. The van der Waals surface area contributed by atoms with E-state index < -0.39 is 0 Å². The molecule has 0 saturated heterocycles. The lowest BCUT2D eigenvalue weighted by atomic mass is 10.1. The molecule has 4 N–H and O–H groups in total. The van der Waals surface area contributed by atoms with Crippen molar-refractivity contribution in [1.82, 2.24) is 40.7 Å². The average molecular weight is 493 g/mol. The highest BCUT2D eigenvalue weighted by Gasteiger charge is 2.24. The van der Waals surface area contributed by atoms with Crippen molar-refractivity contribution in [2.24, 2.45) is 5.92 Å². The second kappa shape index (κ2) is 8.97. The Morgan fingerprint density at radius 1 is 1.23 bits per heavy atom. The van der Waals surface area contributed by atoms with Gasteiger partial charge in [0, 0.05) is 35.9 Å². The van der Waals surface area contributed by atoms with E-state index in [1.807, 2.05) is 19.3 Å². The summed E-state index contributed by atoms with van der Waals surface area (Å²) < 4.78 is 3.81. The number of aryl methyl sites for hydroxylation is 1. The van der Waals surface area contributed by atoms with Crippen LogP contribution in [0.2, 0.25) is 0 Å². The summed E-state index contributed by atoms with van der Waals surface area (Å²) in [6, 6.07) is -0.104. The summed E-state index contributed by atoms with van der Waals surface area (Å²) in [4.78, 5) is 27.3. The van der Waals surface area contributed by atoms with Crippen LogP contribution in [0, 0.1) is 5.92 Å². The first-order valence-electron chi connectivity index (χ1n) is 12.1. The van der Waals surface area contributed by atoms with Gasteiger partial charge in [0.05, 0.1) is 41.1 Å². The molecule has 10 nitrogen and oxygen atoms in total. The lowest BCUT2D eigenvalue weighted by Crippen LogP contribution is -2.40. The van der Waals surface area contributed by atoms with Crippen LogP contribution in [-0.2, 0) is 17.8 Å². The van der Waals surface area contributed by atoms with Crippen LogP contribution in [0.5, 0.6) is 0 Å². The minimum absolute atomic E-state index is 0.104. The van der Waals surface area contributed by atoms with E-state index in [1.165, 1.54) is 18.5 Å². The van der Waals surface area contributed by atoms with Gasteiger partial charge in [-0.3, -0.25) is 14.3 Å². The summed E-state index contributed by atoms with van der Waals surface area (Å²) in [5.74, 6) is 0.384. The minimum atomic E-state index is -0.229. The Kier molecular flexibility index (Phi) is 5.65. The van der Waals surface area contributed by atoms with Gasteiger partial charge >= 0.3 is 0 Å². The fourth-order valence-corrected chi connectivity index (χ4v) is 5.60. The Labute approximate surface area is 206 Å². The molecule has 3 aromatic rings. The number of hydrogen-bond donors (Lipinski definition) is 4. The summed E-state index contributed by atoms with van der Waals surface area (Å²) in [7, 11) is 0. The van der Waals surface area contributed by atoms with Gasteiger partial charge in [0.25, 0.3) is 5.91 Å². The molecule has 2 amide bonds. The van der Waals surface area contributed by atoms with Crippen molar-refractivity contribution in [3.63, 3.8) is 0 Å². The molecule has 2 aliphatic heterocycles. The highest BCUT2D eigenvalue weighted by Crippen LogP contribution is 2.34. The van der Waals surface area contributed by atoms with E-state index in [2.05, 4.69) is 36.1 Å². The molecule has 3 aromatic heterocycles. The molecule has 1 saturated carbocycles. The van der Waals surface area contributed by atoms with Crippen molar-refractivity contribution in [3.8, 4) is 10.4 Å². The molecule has 1 unspecified atom stereocenters. The Morgan fingerprint density at radius 3 is 2.97 bits per heavy atom. The van der Waals surface area contributed by atoms with E-state index in [0.717, 1.165) is 47.1 Å². The molecule has 0 aromatic carbocycles. The Bertz CT molecular complexity index is 1360. The maximum atomic E-state index is 13.2. The van der Waals surface area contributed by atoms with Crippen LogP contribution in [0.1, 0.15) is 42.2 Å². The molecule has 182 valence electrons. The number of dihydropyridines is 1. The molecule has 0 spiro atoms. The molecule has 0 bridgehead atoms. The third kappa shape index (κ3) is 4.48. The summed E-state index contributed by atoms with van der Waals surface area (Å²) in [5, 5.41) is 21.2. The molecule has 1 atom stereocenters. The van der Waals surface area contributed by atoms with Crippen molar-refractivity contribution in [1.29, 1.82) is 0 Å². The van der Waals surface area contributed by atoms with Crippen LogP contribution >= 0.6 is 11.3 Å². The zero-order chi connectivity index (χ0) is 23.9.